The third-order valence-electron chi connectivity index (χ3n) is 4.85. The summed E-state index contributed by atoms with van der Waals surface area (Å²) in [5.74, 6) is -1.31. The van der Waals surface area contributed by atoms with E-state index < -0.39 is 40.5 Å². The SMILES string of the molecule is COc1ccc(CN2C(=O)CN(S(C)(=O)=O)[C@@H](C(=O)O)[C@@H]2c2cccnc2Cl)cc1. The highest BCUT2D eigenvalue weighted by molar-refractivity contribution is 7.88. The van der Waals surface area contributed by atoms with Crippen molar-refractivity contribution in [2.75, 3.05) is 19.9 Å². The van der Waals surface area contributed by atoms with Crippen LogP contribution in [0.25, 0.3) is 0 Å². The van der Waals surface area contributed by atoms with Gasteiger partial charge in [0.15, 0.2) is 0 Å². The summed E-state index contributed by atoms with van der Waals surface area (Å²) in [5, 5.41) is 9.91. The van der Waals surface area contributed by atoms with Crippen LogP contribution in [0.1, 0.15) is 17.2 Å². The summed E-state index contributed by atoms with van der Waals surface area (Å²) in [4.78, 5) is 30.5. The predicted molar refractivity (Wildman–Crippen MR) is 109 cm³/mol. The Morgan fingerprint density at radius 2 is 1.97 bits per heavy atom. The van der Waals surface area contributed by atoms with Crippen molar-refractivity contribution < 1.29 is 27.9 Å². The van der Waals surface area contributed by atoms with E-state index in [2.05, 4.69) is 4.98 Å². The Balaban J connectivity index is 2.11. The van der Waals surface area contributed by atoms with E-state index in [1.165, 1.54) is 24.3 Å². The number of pyridine rings is 1. The number of sulfonamides is 1. The van der Waals surface area contributed by atoms with E-state index in [0.717, 1.165) is 6.26 Å². The van der Waals surface area contributed by atoms with E-state index >= 15 is 0 Å². The fourth-order valence-electron chi connectivity index (χ4n) is 3.46. The van der Waals surface area contributed by atoms with Crippen LogP contribution in [-0.4, -0.2) is 65.5 Å². The molecular weight excluding hydrogens is 434 g/mol. The van der Waals surface area contributed by atoms with E-state index in [1.807, 2.05) is 0 Å². The molecule has 2 aromatic rings. The van der Waals surface area contributed by atoms with Gasteiger partial charge in [-0.1, -0.05) is 29.8 Å². The van der Waals surface area contributed by atoms with Gasteiger partial charge >= 0.3 is 5.97 Å². The van der Waals surface area contributed by atoms with Crippen LogP contribution in [0.3, 0.4) is 0 Å². The number of carbonyl (C=O) groups is 2. The molecule has 0 saturated carbocycles. The Morgan fingerprint density at radius 3 is 2.50 bits per heavy atom. The van der Waals surface area contributed by atoms with Gasteiger partial charge in [-0.25, -0.2) is 13.4 Å². The minimum absolute atomic E-state index is 0.00312. The van der Waals surface area contributed by atoms with Crippen LogP contribution in [0.4, 0.5) is 0 Å². The molecule has 1 aromatic heterocycles. The number of benzene rings is 1. The minimum atomic E-state index is -3.99. The number of aliphatic carboxylic acids is 1. The van der Waals surface area contributed by atoms with Gasteiger partial charge in [0.05, 0.1) is 26.0 Å². The number of methoxy groups -OCH3 is 1. The van der Waals surface area contributed by atoms with Crippen LogP contribution in [0.2, 0.25) is 5.15 Å². The highest BCUT2D eigenvalue weighted by Crippen LogP contribution is 2.37. The van der Waals surface area contributed by atoms with Gasteiger partial charge < -0.3 is 14.7 Å². The molecular formula is C19H20ClN3O6S. The first-order valence-corrected chi connectivity index (χ1v) is 11.1. The number of carboxylic acids is 1. The molecule has 1 saturated heterocycles. The Hall–Kier alpha value is -2.69. The quantitative estimate of drug-likeness (QED) is 0.659. The Bertz CT molecular complexity index is 1060. The third-order valence-corrected chi connectivity index (χ3v) is 6.38. The lowest BCUT2D eigenvalue weighted by atomic mass is 9.95. The average molecular weight is 454 g/mol. The summed E-state index contributed by atoms with van der Waals surface area (Å²) in [5.41, 5.74) is 0.966. The summed E-state index contributed by atoms with van der Waals surface area (Å²) in [6.07, 6.45) is 2.30. The molecule has 3 rings (SSSR count). The summed E-state index contributed by atoms with van der Waals surface area (Å²) in [7, 11) is -2.46. The molecule has 1 N–H and O–H groups in total. The average Bonchev–Trinajstić information content (AvgIpc) is 2.69. The molecule has 1 aliphatic heterocycles. The van der Waals surface area contributed by atoms with E-state index in [1.54, 1.807) is 30.3 Å². The molecule has 0 aliphatic carbocycles. The molecule has 1 amide bonds. The second-order valence-electron chi connectivity index (χ2n) is 6.79. The fraction of sp³-hybridized carbons (Fsp3) is 0.316. The standard InChI is InChI=1S/C19H20ClN3O6S/c1-29-13-7-5-12(6-8-13)10-22-15(24)11-23(30(2,27)28)17(19(25)26)16(22)14-4-3-9-21-18(14)20/h3-9,16-17H,10-11H2,1-2H3,(H,25,26)/t16-,17+/m0/s1. The van der Waals surface area contributed by atoms with Crippen molar-refractivity contribution in [3.63, 3.8) is 0 Å². The van der Waals surface area contributed by atoms with Crippen molar-refractivity contribution in [2.45, 2.75) is 18.6 Å². The largest absolute Gasteiger partial charge is 0.497 e. The van der Waals surface area contributed by atoms with Crippen molar-refractivity contribution in [3.05, 3.63) is 58.9 Å². The first kappa shape index (κ1) is 22.0. The van der Waals surface area contributed by atoms with Crippen molar-refractivity contribution >= 4 is 33.5 Å². The number of piperazine rings is 1. The van der Waals surface area contributed by atoms with Gasteiger partial charge in [-0.2, -0.15) is 4.31 Å². The second kappa shape index (κ2) is 8.58. The van der Waals surface area contributed by atoms with Gasteiger partial charge in [0.2, 0.25) is 15.9 Å². The van der Waals surface area contributed by atoms with E-state index in [9.17, 15) is 23.1 Å². The van der Waals surface area contributed by atoms with Crippen LogP contribution in [-0.2, 0) is 26.2 Å². The van der Waals surface area contributed by atoms with Crippen LogP contribution < -0.4 is 4.74 Å². The number of nitrogens with zero attached hydrogens (tertiary/aromatic N) is 3. The lowest BCUT2D eigenvalue weighted by Crippen LogP contribution is -2.61. The van der Waals surface area contributed by atoms with E-state index in [4.69, 9.17) is 16.3 Å². The summed E-state index contributed by atoms with van der Waals surface area (Å²) in [6.45, 7) is -0.527. The normalized spacial score (nSPS) is 20.2. The molecule has 0 spiro atoms. The molecule has 0 radical (unpaired) electrons. The van der Waals surface area contributed by atoms with Crippen LogP contribution in [0.15, 0.2) is 42.6 Å². The lowest BCUT2D eigenvalue weighted by Gasteiger charge is -2.44. The summed E-state index contributed by atoms with van der Waals surface area (Å²) in [6, 6.07) is 7.28. The first-order valence-electron chi connectivity index (χ1n) is 8.86. The zero-order chi connectivity index (χ0) is 22.1. The molecule has 2 atom stereocenters. The lowest BCUT2D eigenvalue weighted by molar-refractivity contribution is -0.153. The van der Waals surface area contributed by atoms with Crippen molar-refractivity contribution in [1.82, 2.24) is 14.2 Å². The van der Waals surface area contributed by atoms with Gasteiger partial charge in [-0.05, 0) is 23.8 Å². The molecule has 1 aliphatic rings. The Morgan fingerprint density at radius 1 is 1.30 bits per heavy atom. The van der Waals surface area contributed by atoms with Gasteiger partial charge in [-0.15, -0.1) is 0 Å². The van der Waals surface area contributed by atoms with E-state index in [-0.39, 0.29) is 17.3 Å². The van der Waals surface area contributed by atoms with Gasteiger partial charge in [0.25, 0.3) is 0 Å². The first-order chi connectivity index (χ1) is 14.1. The number of hydrogen-bond acceptors (Lipinski definition) is 6. The fourth-order valence-corrected chi connectivity index (χ4v) is 4.65. The van der Waals surface area contributed by atoms with Gasteiger partial charge in [0, 0.05) is 18.3 Å². The number of rotatable bonds is 6. The van der Waals surface area contributed by atoms with Crippen molar-refractivity contribution in [1.29, 1.82) is 0 Å². The third kappa shape index (κ3) is 4.40. The number of amides is 1. The monoisotopic (exact) mass is 453 g/mol. The zero-order valence-electron chi connectivity index (χ0n) is 16.2. The molecule has 2 heterocycles. The van der Waals surface area contributed by atoms with Crippen LogP contribution in [0.5, 0.6) is 5.75 Å². The summed E-state index contributed by atoms with van der Waals surface area (Å²) < 4.78 is 30.4. The Kier molecular flexibility index (Phi) is 6.30. The molecule has 30 heavy (non-hydrogen) atoms. The molecule has 1 aromatic carbocycles. The number of hydrogen-bond donors (Lipinski definition) is 1. The highest BCUT2D eigenvalue weighted by atomic mass is 35.5. The number of carbonyl (C=O) groups excluding carboxylic acids is 1. The van der Waals surface area contributed by atoms with Crippen molar-refractivity contribution in [3.8, 4) is 5.75 Å². The topological polar surface area (TPSA) is 117 Å². The minimum Gasteiger partial charge on any atom is -0.497 e. The molecule has 0 unspecified atom stereocenters. The number of carboxylic acid groups (broad SMARTS) is 1. The number of halogens is 1. The smallest absolute Gasteiger partial charge is 0.324 e. The molecule has 0 bridgehead atoms. The Labute approximate surface area is 178 Å². The molecule has 1 fully saturated rings. The summed E-state index contributed by atoms with van der Waals surface area (Å²) >= 11 is 6.22. The van der Waals surface area contributed by atoms with Crippen LogP contribution in [0, 0.1) is 0 Å². The predicted octanol–water partition coefficient (Wildman–Crippen LogP) is 1.54. The number of ether oxygens (including phenoxy) is 1. The maximum absolute atomic E-state index is 13.0. The van der Waals surface area contributed by atoms with Crippen LogP contribution >= 0.6 is 11.6 Å². The highest BCUT2D eigenvalue weighted by Gasteiger charge is 2.49. The molecule has 160 valence electrons. The van der Waals surface area contributed by atoms with Crippen molar-refractivity contribution in [2.24, 2.45) is 0 Å². The maximum atomic E-state index is 13.0. The van der Waals surface area contributed by atoms with Gasteiger partial charge in [-0.3, -0.25) is 9.59 Å². The van der Waals surface area contributed by atoms with Gasteiger partial charge in [0.1, 0.15) is 16.9 Å². The molecule has 9 nitrogen and oxygen atoms in total. The maximum Gasteiger partial charge on any atom is 0.324 e. The van der Waals surface area contributed by atoms with E-state index in [0.29, 0.717) is 15.6 Å². The number of aromatic nitrogens is 1. The molecule has 11 heteroatoms. The zero-order valence-corrected chi connectivity index (χ0v) is 17.8. The second-order valence-corrected chi connectivity index (χ2v) is 9.08.